The minimum atomic E-state index is -0.829. The molecule has 1 aliphatic rings. The number of anilines is 2. The molecule has 0 aliphatic carbocycles. The molecule has 0 spiro atoms. The minimum absolute atomic E-state index is 0.0517. The second kappa shape index (κ2) is 5.90. The van der Waals surface area contributed by atoms with Crippen LogP contribution in [0.2, 0.25) is 0 Å². The Bertz CT molecular complexity index is 435. The van der Waals surface area contributed by atoms with Crippen LogP contribution in [-0.4, -0.2) is 48.0 Å². The average molecular weight is 265 g/mol. The van der Waals surface area contributed by atoms with Crippen molar-refractivity contribution < 1.29 is 15.0 Å². The first-order chi connectivity index (χ1) is 9.11. The Kier molecular flexibility index (Phi) is 4.24. The molecule has 1 heterocycles. The molecule has 5 N–H and O–H groups in total. The molecule has 0 radical (unpaired) electrons. The summed E-state index contributed by atoms with van der Waals surface area (Å²) in [6.07, 6.45) is 0.527. The zero-order valence-corrected chi connectivity index (χ0v) is 10.6. The monoisotopic (exact) mass is 265 g/mol. The third kappa shape index (κ3) is 3.15. The summed E-state index contributed by atoms with van der Waals surface area (Å²) < 4.78 is 0. The van der Waals surface area contributed by atoms with Crippen molar-refractivity contribution in [1.82, 2.24) is 5.32 Å². The van der Waals surface area contributed by atoms with E-state index in [4.69, 9.17) is 10.8 Å². The molecule has 0 bridgehead atoms. The number of nitrogens with two attached hydrogens (primary N) is 1. The van der Waals surface area contributed by atoms with E-state index in [1.54, 1.807) is 12.1 Å². The Morgan fingerprint density at radius 1 is 1.42 bits per heavy atom. The molecular weight excluding hydrogens is 246 g/mol. The number of nitrogen functional groups attached to an aromatic ring is 1. The van der Waals surface area contributed by atoms with Crippen molar-refractivity contribution in [2.45, 2.75) is 18.5 Å². The van der Waals surface area contributed by atoms with Gasteiger partial charge in [0, 0.05) is 30.5 Å². The SMILES string of the molecule is Nc1ccc(N2CC(NCCO)CC2C(=O)O)cc1. The highest BCUT2D eigenvalue weighted by Gasteiger charge is 2.36. The normalized spacial score (nSPS) is 22.7. The zero-order valence-electron chi connectivity index (χ0n) is 10.6. The fourth-order valence-corrected chi connectivity index (χ4v) is 2.44. The number of carbonyl (C=O) groups is 1. The van der Waals surface area contributed by atoms with Crippen LogP contribution in [0.25, 0.3) is 0 Å². The topological polar surface area (TPSA) is 98.8 Å². The van der Waals surface area contributed by atoms with Crippen LogP contribution in [0.5, 0.6) is 0 Å². The molecule has 19 heavy (non-hydrogen) atoms. The maximum absolute atomic E-state index is 11.3. The number of benzene rings is 1. The summed E-state index contributed by atoms with van der Waals surface area (Å²) in [4.78, 5) is 13.2. The molecule has 0 amide bonds. The van der Waals surface area contributed by atoms with E-state index in [9.17, 15) is 9.90 Å². The summed E-state index contributed by atoms with van der Waals surface area (Å²) in [5.41, 5.74) is 7.15. The minimum Gasteiger partial charge on any atom is -0.480 e. The smallest absolute Gasteiger partial charge is 0.326 e. The molecule has 1 aromatic rings. The molecular formula is C13H19N3O3. The maximum atomic E-state index is 11.3. The van der Waals surface area contributed by atoms with Gasteiger partial charge in [0.2, 0.25) is 0 Å². The van der Waals surface area contributed by atoms with Crippen molar-refractivity contribution >= 4 is 17.3 Å². The van der Waals surface area contributed by atoms with E-state index in [0.29, 0.717) is 25.2 Å². The Labute approximate surface area is 111 Å². The Morgan fingerprint density at radius 3 is 2.68 bits per heavy atom. The number of aliphatic hydroxyl groups excluding tert-OH is 1. The third-order valence-corrected chi connectivity index (χ3v) is 3.36. The van der Waals surface area contributed by atoms with Crippen molar-refractivity contribution in [1.29, 1.82) is 0 Å². The lowest BCUT2D eigenvalue weighted by Gasteiger charge is -2.23. The van der Waals surface area contributed by atoms with E-state index >= 15 is 0 Å². The van der Waals surface area contributed by atoms with E-state index in [0.717, 1.165) is 5.69 Å². The fourth-order valence-electron chi connectivity index (χ4n) is 2.44. The highest BCUT2D eigenvalue weighted by atomic mass is 16.4. The number of hydrogen-bond donors (Lipinski definition) is 4. The Morgan fingerprint density at radius 2 is 2.11 bits per heavy atom. The maximum Gasteiger partial charge on any atom is 0.326 e. The lowest BCUT2D eigenvalue weighted by atomic mass is 10.1. The first-order valence-corrected chi connectivity index (χ1v) is 6.31. The number of rotatable bonds is 5. The number of aliphatic hydroxyl groups is 1. The summed E-state index contributed by atoms with van der Waals surface area (Å²) >= 11 is 0. The van der Waals surface area contributed by atoms with Gasteiger partial charge >= 0.3 is 5.97 Å². The standard InChI is InChI=1S/C13H19N3O3/c14-9-1-3-11(4-2-9)16-8-10(15-5-6-17)7-12(16)13(18)19/h1-4,10,12,15,17H,5-8,14H2,(H,18,19). The molecule has 104 valence electrons. The number of hydrogen-bond acceptors (Lipinski definition) is 5. The van der Waals surface area contributed by atoms with Crippen LogP contribution in [0.1, 0.15) is 6.42 Å². The van der Waals surface area contributed by atoms with E-state index < -0.39 is 12.0 Å². The van der Waals surface area contributed by atoms with E-state index in [1.165, 1.54) is 0 Å². The quantitative estimate of drug-likeness (QED) is 0.554. The summed E-state index contributed by atoms with van der Waals surface area (Å²) in [6, 6.07) is 6.73. The fraction of sp³-hybridized carbons (Fsp3) is 0.462. The van der Waals surface area contributed by atoms with Gasteiger partial charge in [0.15, 0.2) is 0 Å². The highest BCUT2D eigenvalue weighted by Crippen LogP contribution is 2.26. The number of nitrogens with one attached hydrogen (secondary N) is 1. The lowest BCUT2D eigenvalue weighted by Crippen LogP contribution is -2.36. The van der Waals surface area contributed by atoms with Gasteiger partial charge in [0.05, 0.1) is 6.61 Å². The van der Waals surface area contributed by atoms with Crippen molar-refractivity contribution in [2.24, 2.45) is 0 Å². The summed E-state index contributed by atoms with van der Waals surface area (Å²) in [6.45, 7) is 1.14. The van der Waals surface area contributed by atoms with Crippen LogP contribution in [0.3, 0.4) is 0 Å². The van der Waals surface area contributed by atoms with Gasteiger partial charge in [-0.3, -0.25) is 0 Å². The number of aliphatic carboxylic acids is 1. The Hall–Kier alpha value is -1.79. The van der Waals surface area contributed by atoms with Crippen molar-refractivity contribution in [3.05, 3.63) is 24.3 Å². The van der Waals surface area contributed by atoms with Crippen LogP contribution in [0, 0.1) is 0 Å². The predicted molar refractivity (Wildman–Crippen MR) is 73.1 cm³/mol. The molecule has 2 unspecified atom stereocenters. The molecule has 1 aromatic carbocycles. The van der Waals surface area contributed by atoms with Gasteiger partial charge in [-0.15, -0.1) is 0 Å². The molecule has 1 aliphatic heterocycles. The van der Waals surface area contributed by atoms with E-state index in [2.05, 4.69) is 5.32 Å². The van der Waals surface area contributed by atoms with Crippen molar-refractivity contribution in [3.8, 4) is 0 Å². The van der Waals surface area contributed by atoms with Gasteiger partial charge in [0.25, 0.3) is 0 Å². The van der Waals surface area contributed by atoms with Crippen LogP contribution < -0.4 is 16.0 Å². The second-order valence-corrected chi connectivity index (χ2v) is 4.71. The number of nitrogens with zero attached hydrogens (tertiary/aromatic N) is 1. The van der Waals surface area contributed by atoms with E-state index in [-0.39, 0.29) is 12.6 Å². The largest absolute Gasteiger partial charge is 0.480 e. The lowest BCUT2D eigenvalue weighted by molar-refractivity contribution is -0.138. The molecule has 0 saturated carbocycles. The van der Waals surface area contributed by atoms with Gasteiger partial charge in [-0.25, -0.2) is 4.79 Å². The highest BCUT2D eigenvalue weighted by molar-refractivity contribution is 5.79. The number of carboxylic acids is 1. The van der Waals surface area contributed by atoms with Gasteiger partial charge in [0.1, 0.15) is 6.04 Å². The predicted octanol–water partition coefficient (Wildman–Crippen LogP) is -0.117. The van der Waals surface area contributed by atoms with Crippen LogP contribution in [0.15, 0.2) is 24.3 Å². The summed E-state index contributed by atoms with van der Waals surface area (Å²) in [7, 11) is 0. The van der Waals surface area contributed by atoms with Gasteiger partial charge in [-0.1, -0.05) is 0 Å². The summed E-state index contributed by atoms with van der Waals surface area (Å²) in [5, 5.41) is 21.3. The van der Waals surface area contributed by atoms with E-state index in [1.807, 2.05) is 17.0 Å². The van der Waals surface area contributed by atoms with Gasteiger partial charge in [-0.2, -0.15) is 0 Å². The Balaban J connectivity index is 2.12. The molecule has 0 aromatic heterocycles. The van der Waals surface area contributed by atoms with Crippen molar-refractivity contribution in [2.75, 3.05) is 30.3 Å². The number of carboxylic acid groups (broad SMARTS) is 1. The summed E-state index contributed by atoms with van der Waals surface area (Å²) in [5.74, 6) is -0.829. The van der Waals surface area contributed by atoms with Crippen LogP contribution >= 0.6 is 0 Å². The van der Waals surface area contributed by atoms with Crippen LogP contribution in [0.4, 0.5) is 11.4 Å². The molecule has 2 atom stereocenters. The molecule has 6 heteroatoms. The molecule has 1 saturated heterocycles. The zero-order chi connectivity index (χ0) is 13.8. The molecule has 2 rings (SSSR count). The first-order valence-electron chi connectivity index (χ1n) is 6.31. The first kappa shape index (κ1) is 13.6. The van der Waals surface area contributed by atoms with Crippen LogP contribution in [-0.2, 0) is 4.79 Å². The third-order valence-electron chi connectivity index (χ3n) is 3.36. The average Bonchev–Trinajstić information content (AvgIpc) is 2.81. The van der Waals surface area contributed by atoms with Crippen molar-refractivity contribution in [3.63, 3.8) is 0 Å². The molecule has 1 fully saturated rings. The second-order valence-electron chi connectivity index (χ2n) is 4.71. The molecule has 6 nitrogen and oxygen atoms in total. The van der Waals surface area contributed by atoms with Gasteiger partial charge in [-0.05, 0) is 30.7 Å². The van der Waals surface area contributed by atoms with Gasteiger partial charge < -0.3 is 26.2 Å².